The molecule has 1 aliphatic heterocycles. The van der Waals surface area contributed by atoms with Crippen LogP contribution in [0.5, 0.6) is 5.75 Å². The summed E-state index contributed by atoms with van der Waals surface area (Å²) < 4.78 is 18.6. The Morgan fingerprint density at radius 1 is 0.972 bits per heavy atom. The fourth-order valence-corrected chi connectivity index (χ4v) is 4.33. The smallest absolute Gasteiger partial charge is 0.309 e. The highest BCUT2D eigenvalue weighted by Crippen LogP contribution is 2.30. The predicted molar refractivity (Wildman–Crippen MR) is 135 cm³/mol. The lowest BCUT2D eigenvalue weighted by Gasteiger charge is -2.40. The minimum atomic E-state index is -0.731. The third kappa shape index (κ3) is 6.37. The van der Waals surface area contributed by atoms with Crippen molar-refractivity contribution in [2.24, 2.45) is 0 Å². The second-order valence-corrected chi connectivity index (χ2v) is 8.52. The normalized spacial score (nSPS) is 14.7. The molecule has 0 aliphatic carbocycles. The van der Waals surface area contributed by atoms with E-state index in [2.05, 4.69) is 31.5 Å². The molecular formula is C27H30FN5O3. The summed E-state index contributed by atoms with van der Waals surface area (Å²) in [7, 11) is 1.67. The van der Waals surface area contributed by atoms with E-state index in [1.165, 1.54) is 12.1 Å². The number of nitrogens with zero attached hydrogens (tertiary/aromatic N) is 3. The Hall–Kier alpha value is -3.98. The number of benzene rings is 2. The number of pyridine rings is 1. The van der Waals surface area contributed by atoms with Crippen LogP contribution in [0.1, 0.15) is 17.2 Å². The molecule has 188 valence electrons. The third-order valence-electron chi connectivity index (χ3n) is 6.28. The van der Waals surface area contributed by atoms with Gasteiger partial charge in [-0.05, 0) is 41.5 Å². The van der Waals surface area contributed by atoms with Gasteiger partial charge < -0.3 is 20.3 Å². The van der Waals surface area contributed by atoms with Gasteiger partial charge in [0.25, 0.3) is 0 Å². The van der Waals surface area contributed by atoms with Crippen LogP contribution in [0.3, 0.4) is 0 Å². The summed E-state index contributed by atoms with van der Waals surface area (Å²) in [5.41, 5.74) is 2.73. The Morgan fingerprint density at radius 2 is 1.69 bits per heavy atom. The van der Waals surface area contributed by atoms with Crippen LogP contribution >= 0.6 is 0 Å². The molecule has 9 heteroatoms. The molecule has 0 saturated carbocycles. The van der Waals surface area contributed by atoms with Crippen LogP contribution in [0.2, 0.25) is 0 Å². The van der Waals surface area contributed by atoms with Gasteiger partial charge in [-0.15, -0.1) is 0 Å². The number of methoxy groups -OCH3 is 1. The van der Waals surface area contributed by atoms with Crippen molar-refractivity contribution in [3.63, 3.8) is 0 Å². The summed E-state index contributed by atoms with van der Waals surface area (Å²) in [6.07, 6.45) is 3.50. The van der Waals surface area contributed by atoms with E-state index in [-0.39, 0.29) is 24.9 Å². The number of hydrogen-bond donors (Lipinski definition) is 2. The molecule has 0 spiro atoms. The summed E-state index contributed by atoms with van der Waals surface area (Å²) in [6.45, 7) is 3.54. The molecule has 1 atom stereocenters. The van der Waals surface area contributed by atoms with Crippen LogP contribution in [-0.4, -0.2) is 61.5 Å². The number of carbonyl (C=O) groups is 2. The van der Waals surface area contributed by atoms with Gasteiger partial charge in [0.15, 0.2) is 0 Å². The molecule has 3 aromatic rings. The first kappa shape index (κ1) is 25.1. The molecule has 2 heterocycles. The van der Waals surface area contributed by atoms with E-state index in [0.717, 1.165) is 43.2 Å². The summed E-state index contributed by atoms with van der Waals surface area (Å²) in [5, 5.41) is 5.35. The molecule has 1 aromatic heterocycles. The Bertz CT molecular complexity index is 1150. The molecule has 8 nitrogen and oxygen atoms in total. The summed E-state index contributed by atoms with van der Waals surface area (Å²) >= 11 is 0. The number of para-hydroxylation sites is 2. The van der Waals surface area contributed by atoms with E-state index in [1.54, 1.807) is 31.6 Å². The minimum absolute atomic E-state index is 0.132. The zero-order valence-electron chi connectivity index (χ0n) is 20.2. The van der Waals surface area contributed by atoms with E-state index in [9.17, 15) is 14.0 Å². The number of aromatic nitrogens is 1. The maximum atomic E-state index is 13.1. The first-order valence-electron chi connectivity index (χ1n) is 11.9. The number of piperazine rings is 1. The molecule has 1 fully saturated rings. The molecular weight excluding hydrogens is 461 g/mol. The van der Waals surface area contributed by atoms with Gasteiger partial charge in [-0.2, -0.15) is 0 Å². The predicted octanol–water partition coefficient (Wildman–Crippen LogP) is 2.53. The average Bonchev–Trinajstić information content (AvgIpc) is 2.93. The summed E-state index contributed by atoms with van der Waals surface area (Å²) in [5.74, 6) is -0.953. The first-order valence-corrected chi connectivity index (χ1v) is 11.9. The maximum Gasteiger partial charge on any atom is 0.309 e. The van der Waals surface area contributed by atoms with Gasteiger partial charge in [-0.1, -0.05) is 30.3 Å². The Kier molecular flexibility index (Phi) is 8.46. The fraction of sp³-hybridized carbons (Fsp3) is 0.296. The van der Waals surface area contributed by atoms with E-state index in [0.29, 0.717) is 5.56 Å². The molecule has 1 saturated heterocycles. The van der Waals surface area contributed by atoms with Crippen molar-refractivity contribution in [1.29, 1.82) is 0 Å². The van der Waals surface area contributed by atoms with Crippen molar-refractivity contribution in [1.82, 2.24) is 20.5 Å². The quantitative estimate of drug-likeness (QED) is 0.471. The molecule has 36 heavy (non-hydrogen) atoms. The molecule has 2 amide bonds. The second kappa shape index (κ2) is 12.1. The van der Waals surface area contributed by atoms with E-state index in [1.807, 2.05) is 30.3 Å². The standard InChI is InChI=1S/C27H30FN5O3/c1-36-25-7-3-2-6-23(25)32-13-15-33(16-14-32)24(21-5-4-12-29-18-21)19-31-27(35)26(34)30-17-20-8-10-22(28)11-9-20/h2-12,18,24H,13-17,19H2,1H3,(H,30,34)(H,31,35)/t24-/m1/s1. The van der Waals surface area contributed by atoms with Crippen molar-refractivity contribution < 1.29 is 18.7 Å². The van der Waals surface area contributed by atoms with E-state index in [4.69, 9.17) is 4.74 Å². The SMILES string of the molecule is COc1ccccc1N1CCN([C@H](CNC(=O)C(=O)NCc2ccc(F)cc2)c2cccnc2)CC1. The van der Waals surface area contributed by atoms with Crippen LogP contribution < -0.4 is 20.3 Å². The number of amides is 2. The number of anilines is 1. The number of ether oxygens (including phenoxy) is 1. The molecule has 0 unspecified atom stereocenters. The van der Waals surface area contributed by atoms with Crippen molar-refractivity contribution >= 4 is 17.5 Å². The molecule has 2 aromatic carbocycles. The van der Waals surface area contributed by atoms with Crippen molar-refractivity contribution in [2.75, 3.05) is 44.7 Å². The van der Waals surface area contributed by atoms with Gasteiger partial charge in [0, 0.05) is 51.7 Å². The van der Waals surface area contributed by atoms with Crippen LogP contribution in [0.25, 0.3) is 0 Å². The van der Waals surface area contributed by atoms with Crippen molar-refractivity contribution in [3.8, 4) is 5.75 Å². The second-order valence-electron chi connectivity index (χ2n) is 8.52. The van der Waals surface area contributed by atoms with E-state index < -0.39 is 11.8 Å². The molecule has 4 rings (SSSR count). The number of rotatable bonds is 8. The molecule has 2 N–H and O–H groups in total. The van der Waals surface area contributed by atoms with Gasteiger partial charge in [-0.3, -0.25) is 19.5 Å². The molecule has 0 bridgehead atoms. The lowest BCUT2D eigenvalue weighted by molar-refractivity contribution is -0.139. The van der Waals surface area contributed by atoms with Crippen LogP contribution in [0, 0.1) is 5.82 Å². The minimum Gasteiger partial charge on any atom is -0.495 e. The van der Waals surface area contributed by atoms with Gasteiger partial charge in [0.1, 0.15) is 11.6 Å². The fourth-order valence-electron chi connectivity index (χ4n) is 4.33. The van der Waals surface area contributed by atoms with Gasteiger partial charge >= 0.3 is 11.8 Å². The zero-order valence-corrected chi connectivity index (χ0v) is 20.2. The Morgan fingerprint density at radius 3 is 2.39 bits per heavy atom. The van der Waals surface area contributed by atoms with Gasteiger partial charge in [-0.25, -0.2) is 4.39 Å². The van der Waals surface area contributed by atoms with Crippen LogP contribution in [0.15, 0.2) is 73.1 Å². The number of halogens is 1. The van der Waals surface area contributed by atoms with Crippen LogP contribution in [-0.2, 0) is 16.1 Å². The summed E-state index contributed by atoms with van der Waals surface area (Å²) in [4.78, 5) is 33.7. The third-order valence-corrected chi connectivity index (χ3v) is 6.28. The highest BCUT2D eigenvalue weighted by atomic mass is 19.1. The lowest BCUT2D eigenvalue weighted by atomic mass is 10.1. The lowest BCUT2D eigenvalue weighted by Crippen LogP contribution is -2.51. The zero-order chi connectivity index (χ0) is 25.3. The Balaban J connectivity index is 1.36. The van der Waals surface area contributed by atoms with Gasteiger partial charge in [0.2, 0.25) is 0 Å². The van der Waals surface area contributed by atoms with Crippen LogP contribution in [0.4, 0.5) is 10.1 Å². The number of nitrogens with one attached hydrogen (secondary N) is 2. The van der Waals surface area contributed by atoms with Crippen molar-refractivity contribution in [3.05, 3.63) is 90.0 Å². The average molecular weight is 492 g/mol. The Labute approximate surface area is 210 Å². The largest absolute Gasteiger partial charge is 0.495 e. The number of hydrogen-bond acceptors (Lipinski definition) is 6. The summed E-state index contributed by atoms with van der Waals surface area (Å²) in [6, 6.07) is 17.4. The van der Waals surface area contributed by atoms with Gasteiger partial charge in [0.05, 0.1) is 18.8 Å². The maximum absolute atomic E-state index is 13.1. The highest BCUT2D eigenvalue weighted by molar-refractivity contribution is 6.35. The first-order chi connectivity index (χ1) is 17.5. The number of carbonyl (C=O) groups excluding carboxylic acids is 2. The monoisotopic (exact) mass is 491 g/mol. The topological polar surface area (TPSA) is 86.8 Å². The van der Waals surface area contributed by atoms with Crippen molar-refractivity contribution in [2.45, 2.75) is 12.6 Å². The molecule has 1 aliphatic rings. The van der Waals surface area contributed by atoms with E-state index >= 15 is 0 Å². The highest BCUT2D eigenvalue weighted by Gasteiger charge is 2.27. The molecule has 0 radical (unpaired) electrons.